The third-order valence-electron chi connectivity index (χ3n) is 2.28. The molecule has 0 aliphatic carbocycles. The number of amides is 2. The fraction of sp³-hybridized carbons (Fsp3) is 0.333. The third-order valence-corrected chi connectivity index (χ3v) is 2.28. The maximum atomic E-state index is 11.9. The van der Waals surface area contributed by atoms with Crippen LogP contribution in [0.5, 0.6) is 5.75 Å². The van der Waals surface area contributed by atoms with Crippen LogP contribution >= 0.6 is 0 Å². The summed E-state index contributed by atoms with van der Waals surface area (Å²) in [5.74, 6) is -0.567. The molecule has 0 fully saturated rings. The Balaban J connectivity index is 2.69. The minimum Gasteiger partial charge on any atom is -0.507 e. The van der Waals surface area contributed by atoms with Gasteiger partial charge in [0.25, 0.3) is 5.91 Å². The van der Waals surface area contributed by atoms with Gasteiger partial charge < -0.3 is 20.8 Å². The Kier molecular flexibility index (Phi) is 4.14. The highest BCUT2D eigenvalue weighted by Gasteiger charge is 2.23. The minimum absolute atomic E-state index is 0.0711. The molecule has 0 saturated heterocycles. The molecule has 1 aromatic carbocycles. The van der Waals surface area contributed by atoms with Crippen molar-refractivity contribution in [3.63, 3.8) is 0 Å². The molecule has 6 nitrogen and oxygen atoms in total. The van der Waals surface area contributed by atoms with E-state index in [4.69, 9.17) is 5.11 Å². The highest BCUT2D eigenvalue weighted by molar-refractivity contribution is 5.97. The van der Waals surface area contributed by atoms with Crippen LogP contribution < -0.4 is 10.6 Å². The van der Waals surface area contributed by atoms with Gasteiger partial charge in [-0.3, -0.25) is 4.79 Å². The number of carbonyl (C=O) groups is 2. The first-order valence-corrected chi connectivity index (χ1v) is 5.39. The lowest BCUT2D eigenvalue weighted by Crippen LogP contribution is -2.51. The van der Waals surface area contributed by atoms with Crippen LogP contribution in [0.2, 0.25) is 0 Å². The molecule has 0 radical (unpaired) electrons. The first-order valence-electron chi connectivity index (χ1n) is 5.39. The van der Waals surface area contributed by atoms with E-state index in [1.165, 1.54) is 12.1 Å². The number of para-hydroxylation sites is 1. The topological polar surface area (TPSA) is 98.7 Å². The molecule has 0 heterocycles. The van der Waals surface area contributed by atoms with Crippen LogP contribution in [0.25, 0.3) is 0 Å². The van der Waals surface area contributed by atoms with E-state index in [9.17, 15) is 14.7 Å². The van der Waals surface area contributed by atoms with Crippen molar-refractivity contribution in [2.24, 2.45) is 0 Å². The molecule has 0 bridgehead atoms. The van der Waals surface area contributed by atoms with Gasteiger partial charge in [0.05, 0.1) is 11.1 Å². The molecule has 0 saturated carbocycles. The standard InChI is InChI=1S/C12H16N2O4/c1-12(2,7-13-11(17)18)14-10(16)8-5-3-4-6-9(8)15/h3-6,13,15H,7H2,1-2H3,(H,14,16)(H,17,18). The molecule has 0 unspecified atom stereocenters. The third kappa shape index (κ3) is 3.97. The summed E-state index contributed by atoms with van der Waals surface area (Å²) in [5, 5.41) is 22.9. The predicted octanol–water partition coefficient (Wildman–Crippen LogP) is 1.17. The molecular weight excluding hydrogens is 236 g/mol. The van der Waals surface area contributed by atoms with E-state index in [-0.39, 0.29) is 17.9 Å². The summed E-state index contributed by atoms with van der Waals surface area (Å²) in [6.07, 6.45) is -1.15. The molecule has 0 aliphatic rings. The number of hydrogen-bond acceptors (Lipinski definition) is 3. The Bertz CT molecular complexity index is 457. The Morgan fingerprint density at radius 1 is 1.28 bits per heavy atom. The quantitative estimate of drug-likeness (QED) is 0.646. The number of rotatable bonds is 4. The van der Waals surface area contributed by atoms with Crippen LogP contribution in [-0.4, -0.2) is 34.3 Å². The second kappa shape index (κ2) is 5.39. The van der Waals surface area contributed by atoms with E-state index in [1.807, 2.05) is 0 Å². The fourth-order valence-corrected chi connectivity index (χ4v) is 1.38. The average Bonchev–Trinajstić information content (AvgIpc) is 2.26. The van der Waals surface area contributed by atoms with Crippen LogP contribution in [0.4, 0.5) is 4.79 Å². The van der Waals surface area contributed by atoms with E-state index in [0.717, 1.165) is 0 Å². The van der Waals surface area contributed by atoms with Crippen molar-refractivity contribution in [2.75, 3.05) is 6.54 Å². The Labute approximate surface area is 105 Å². The van der Waals surface area contributed by atoms with Crippen molar-refractivity contribution in [3.8, 4) is 5.75 Å². The maximum Gasteiger partial charge on any atom is 0.404 e. The summed E-state index contributed by atoms with van der Waals surface area (Å²) >= 11 is 0. The van der Waals surface area contributed by atoms with E-state index >= 15 is 0 Å². The van der Waals surface area contributed by atoms with Gasteiger partial charge in [-0.15, -0.1) is 0 Å². The predicted molar refractivity (Wildman–Crippen MR) is 65.7 cm³/mol. The van der Waals surface area contributed by atoms with Gasteiger partial charge in [-0.25, -0.2) is 4.79 Å². The summed E-state index contributed by atoms with van der Waals surface area (Å²) in [4.78, 5) is 22.3. The lowest BCUT2D eigenvalue weighted by Gasteiger charge is -2.26. The number of nitrogens with one attached hydrogen (secondary N) is 2. The smallest absolute Gasteiger partial charge is 0.404 e. The SMILES string of the molecule is CC(C)(CNC(=O)O)NC(=O)c1ccccc1O. The average molecular weight is 252 g/mol. The molecule has 98 valence electrons. The second-order valence-corrected chi connectivity index (χ2v) is 4.51. The fourth-order valence-electron chi connectivity index (χ4n) is 1.38. The first-order chi connectivity index (χ1) is 8.32. The zero-order valence-corrected chi connectivity index (χ0v) is 10.2. The first kappa shape index (κ1) is 13.8. The van der Waals surface area contributed by atoms with Gasteiger partial charge in [0.1, 0.15) is 5.75 Å². The summed E-state index contributed by atoms with van der Waals surface area (Å²) in [5.41, 5.74) is -0.599. The van der Waals surface area contributed by atoms with Crippen molar-refractivity contribution in [3.05, 3.63) is 29.8 Å². The van der Waals surface area contributed by atoms with Crippen molar-refractivity contribution >= 4 is 12.0 Å². The van der Waals surface area contributed by atoms with Crippen molar-refractivity contribution in [1.29, 1.82) is 0 Å². The number of aromatic hydroxyl groups is 1. The largest absolute Gasteiger partial charge is 0.507 e. The highest BCUT2D eigenvalue weighted by Crippen LogP contribution is 2.16. The summed E-state index contributed by atoms with van der Waals surface area (Å²) in [7, 11) is 0. The van der Waals surface area contributed by atoms with Crippen molar-refractivity contribution < 1.29 is 19.8 Å². The Hall–Kier alpha value is -2.24. The van der Waals surface area contributed by atoms with E-state index in [1.54, 1.807) is 26.0 Å². The van der Waals surface area contributed by atoms with Crippen molar-refractivity contribution in [2.45, 2.75) is 19.4 Å². The van der Waals surface area contributed by atoms with Crippen LogP contribution in [0.3, 0.4) is 0 Å². The Morgan fingerprint density at radius 3 is 2.44 bits per heavy atom. The molecule has 0 aromatic heterocycles. The van der Waals surface area contributed by atoms with Gasteiger partial charge >= 0.3 is 6.09 Å². The lowest BCUT2D eigenvalue weighted by atomic mass is 10.0. The molecule has 1 rings (SSSR count). The summed E-state index contributed by atoms with van der Waals surface area (Å²) < 4.78 is 0. The molecule has 0 spiro atoms. The van der Waals surface area contributed by atoms with Crippen LogP contribution in [0.1, 0.15) is 24.2 Å². The molecule has 4 N–H and O–H groups in total. The van der Waals surface area contributed by atoms with Crippen LogP contribution in [0.15, 0.2) is 24.3 Å². The minimum atomic E-state index is -1.15. The molecule has 18 heavy (non-hydrogen) atoms. The Morgan fingerprint density at radius 2 is 1.89 bits per heavy atom. The number of phenols is 1. The second-order valence-electron chi connectivity index (χ2n) is 4.51. The zero-order chi connectivity index (χ0) is 13.8. The summed E-state index contributed by atoms with van der Waals surface area (Å²) in [6, 6.07) is 6.16. The zero-order valence-electron chi connectivity index (χ0n) is 10.2. The van der Waals surface area contributed by atoms with E-state index < -0.39 is 17.5 Å². The maximum absolute atomic E-state index is 11.9. The van der Waals surface area contributed by atoms with Gasteiger partial charge in [0.2, 0.25) is 0 Å². The van der Waals surface area contributed by atoms with Crippen molar-refractivity contribution in [1.82, 2.24) is 10.6 Å². The molecule has 2 amide bonds. The van der Waals surface area contributed by atoms with Crippen LogP contribution in [0, 0.1) is 0 Å². The molecular formula is C12H16N2O4. The van der Waals surface area contributed by atoms with Gasteiger partial charge in [0, 0.05) is 6.54 Å². The molecule has 0 aliphatic heterocycles. The van der Waals surface area contributed by atoms with E-state index in [0.29, 0.717) is 0 Å². The van der Waals surface area contributed by atoms with Gasteiger partial charge in [-0.05, 0) is 26.0 Å². The number of hydrogen-bond donors (Lipinski definition) is 4. The normalized spacial score (nSPS) is 10.8. The monoisotopic (exact) mass is 252 g/mol. The number of carboxylic acid groups (broad SMARTS) is 1. The summed E-state index contributed by atoms with van der Waals surface area (Å²) in [6.45, 7) is 3.43. The van der Waals surface area contributed by atoms with Gasteiger partial charge in [-0.1, -0.05) is 12.1 Å². The van der Waals surface area contributed by atoms with E-state index in [2.05, 4.69) is 10.6 Å². The van der Waals surface area contributed by atoms with Crippen LogP contribution in [-0.2, 0) is 0 Å². The van der Waals surface area contributed by atoms with Gasteiger partial charge in [-0.2, -0.15) is 0 Å². The lowest BCUT2D eigenvalue weighted by molar-refractivity contribution is 0.0908. The van der Waals surface area contributed by atoms with Gasteiger partial charge in [0.15, 0.2) is 0 Å². The molecule has 1 aromatic rings. The molecule has 0 atom stereocenters. The number of phenolic OH excluding ortho intramolecular Hbond substituents is 1. The number of benzene rings is 1. The highest BCUT2D eigenvalue weighted by atomic mass is 16.4. The molecule has 6 heteroatoms. The number of carbonyl (C=O) groups excluding carboxylic acids is 1.